The maximum absolute atomic E-state index is 5.40. The fourth-order valence-corrected chi connectivity index (χ4v) is 2.61. The summed E-state index contributed by atoms with van der Waals surface area (Å²) in [6.07, 6.45) is 3.50. The van der Waals surface area contributed by atoms with E-state index in [2.05, 4.69) is 16.4 Å². The quantitative estimate of drug-likeness (QED) is 0.731. The third kappa shape index (κ3) is 1.82. The van der Waals surface area contributed by atoms with E-state index in [1.807, 2.05) is 0 Å². The van der Waals surface area contributed by atoms with Crippen LogP contribution in [0.3, 0.4) is 0 Å². The second-order valence-corrected chi connectivity index (χ2v) is 4.54. The molecule has 15 heavy (non-hydrogen) atoms. The minimum absolute atomic E-state index is 0.698. The molecule has 1 fully saturated rings. The Hall–Kier alpha value is -0.800. The zero-order valence-corrected chi connectivity index (χ0v) is 9.01. The van der Waals surface area contributed by atoms with Crippen LogP contribution in [0.1, 0.15) is 35.7 Å². The van der Waals surface area contributed by atoms with E-state index in [-0.39, 0.29) is 0 Å². The third-order valence-electron chi connectivity index (χ3n) is 3.54. The Balaban J connectivity index is 1.82. The highest BCUT2D eigenvalue weighted by atomic mass is 16.5. The lowest BCUT2D eigenvalue weighted by atomic mass is 9.96. The van der Waals surface area contributed by atoms with Crippen LogP contribution >= 0.6 is 0 Å². The highest BCUT2D eigenvalue weighted by molar-refractivity contribution is 5.30. The monoisotopic (exact) mass is 206 g/mol. The summed E-state index contributed by atoms with van der Waals surface area (Å²) in [6, 6.07) is 2.36. The molecule has 0 spiro atoms. The number of H-pyrrole nitrogens is 1. The largest absolute Gasteiger partial charge is 0.381 e. The maximum atomic E-state index is 5.40. The fraction of sp³-hybridized carbons (Fsp3) is 0.667. The Morgan fingerprint density at radius 2 is 2.13 bits per heavy atom. The number of aromatic nitrogens is 1. The predicted octanol–water partition coefficient (Wildman–Crippen LogP) is 1.55. The van der Waals surface area contributed by atoms with Crippen molar-refractivity contribution in [3.63, 3.8) is 0 Å². The maximum Gasteiger partial charge on any atom is 0.0472 e. The molecule has 2 aliphatic rings. The molecule has 0 aromatic carbocycles. The first-order chi connectivity index (χ1) is 7.43. The average Bonchev–Trinajstić information content (AvgIpc) is 2.74. The number of fused-ring (bicyclic) bond motifs is 1. The first kappa shape index (κ1) is 9.43. The van der Waals surface area contributed by atoms with Crippen LogP contribution < -0.4 is 5.32 Å². The summed E-state index contributed by atoms with van der Waals surface area (Å²) in [5.74, 6) is 0.698. The molecule has 0 unspecified atom stereocenters. The minimum atomic E-state index is 0.698. The Morgan fingerprint density at radius 1 is 1.27 bits per heavy atom. The fourth-order valence-electron chi connectivity index (χ4n) is 2.61. The van der Waals surface area contributed by atoms with Crippen molar-refractivity contribution in [3.05, 3.63) is 23.0 Å². The Kier molecular flexibility index (Phi) is 2.51. The zero-order chi connectivity index (χ0) is 10.1. The lowest BCUT2D eigenvalue weighted by molar-refractivity contribution is 0.0846. The van der Waals surface area contributed by atoms with Crippen LogP contribution in [0.2, 0.25) is 0 Å². The lowest BCUT2D eigenvalue weighted by Gasteiger charge is -2.20. The molecule has 0 radical (unpaired) electrons. The molecule has 3 heteroatoms. The molecule has 1 aromatic rings. The van der Waals surface area contributed by atoms with E-state index in [1.54, 1.807) is 0 Å². The molecule has 3 heterocycles. The van der Waals surface area contributed by atoms with Crippen LogP contribution in [0.5, 0.6) is 0 Å². The van der Waals surface area contributed by atoms with Crippen molar-refractivity contribution in [2.45, 2.75) is 31.7 Å². The average molecular weight is 206 g/mol. The van der Waals surface area contributed by atoms with Crippen molar-refractivity contribution in [1.29, 1.82) is 0 Å². The number of hydrogen-bond donors (Lipinski definition) is 2. The molecule has 2 aliphatic heterocycles. The van der Waals surface area contributed by atoms with Crippen molar-refractivity contribution < 1.29 is 4.74 Å². The van der Waals surface area contributed by atoms with Gasteiger partial charge in [-0.2, -0.15) is 0 Å². The summed E-state index contributed by atoms with van der Waals surface area (Å²) in [5.41, 5.74) is 4.37. The molecule has 0 aliphatic carbocycles. The summed E-state index contributed by atoms with van der Waals surface area (Å²) >= 11 is 0. The minimum Gasteiger partial charge on any atom is -0.381 e. The molecule has 0 atom stereocenters. The predicted molar refractivity (Wildman–Crippen MR) is 59.0 cm³/mol. The van der Waals surface area contributed by atoms with E-state index in [0.717, 1.165) is 32.7 Å². The lowest BCUT2D eigenvalue weighted by Crippen LogP contribution is -2.22. The Labute approximate surface area is 90.2 Å². The van der Waals surface area contributed by atoms with Crippen LogP contribution in [-0.4, -0.2) is 24.7 Å². The van der Waals surface area contributed by atoms with E-state index in [0.29, 0.717) is 5.92 Å². The SMILES string of the molecule is c1c(C2CCOCC2)[nH]c2c1CNCC2. The van der Waals surface area contributed by atoms with Crippen LogP contribution in [0.15, 0.2) is 6.07 Å². The summed E-state index contributed by atoms with van der Waals surface area (Å²) < 4.78 is 5.40. The van der Waals surface area contributed by atoms with Crippen molar-refractivity contribution in [2.75, 3.05) is 19.8 Å². The number of rotatable bonds is 1. The van der Waals surface area contributed by atoms with E-state index in [9.17, 15) is 0 Å². The van der Waals surface area contributed by atoms with Crippen LogP contribution in [0.25, 0.3) is 0 Å². The zero-order valence-electron chi connectivity index (χ0n) is 9.01. The van der Waals surface area contributed by atoms with Gasteiger partial charge in [0.05, 0.1) is 0 Å². The summed E-state index contributed by atoms with van der Waals surface area (Å²) in [5, 5.41) is 3.41. The summed E-state index contributed by atoms with van der Waals surface area (Å²) in [7, 11) is 0. The van der Waals surface area contributed by atoms with Gasteiger partial charge in [0.1, 0.15) is 0 Å². The van der Waals surface area contributed by atoms with Gasteiger partial charge in [-0.05, 0) is 24.5 Å². The van der Waals surface area contributed by atoms with Gasteiger partial charge in [0.2, 0.25) is 0 Å². The summed E-state index contributed by atoms with van der Waals surface area (Å²) in [6.45, 7) is 4.00. The van der Waals surface area contributed by atoms with Crippen molar-refractivity contribution >= 4 is 0 Å². The Bertz CT molecular complexity index is 316. The molecule has 0 saturated carbocycles. The first-order valence-electron chi connectivity index (χ1n) is 5.92. The molecule has 82 valence electrons. The molecule has 0 bridgehead atoms. The molecule has 1 saturated heterocycles. The highest BCUT2D eigenvalue weighted by Gasteiger charge is 2.20. The molecule has 2 N–H and O–H groups in total. The van der Waals surface area contributed by atoms with Crippen molar-refractivity contribution in [1.82, 2.24) is 10.3 Å². The van der Waals surface area contributed by atoms with Gasteiger partial charge in [0.15, 0.2) is 0 Å². The van der Waals surface area contributed by atoms with Crippen LogP contribution in [0.4, 0.5) is 0 Å². The van der Waals surface area contributed by atoms with E-state index < -0.39 is 0 Å². The van der Waals surface area contributed by atoms with E-state index >= 15 is 0 Å². The summed E-state index contributed by atoms with van der Waals surface area (Å²) in [4.78, 5) is 3.61. The van der Waals surface area contributed by atoms with Crippen LogP contribution in [-0.2, 0) is 17.7 Å². The second kappa shape index (κ2) is 3.99. The van der Waals surface area contributed by atoms with Gasteiger partial charge in [0, 0.05) is 50.0 Å². The molecule has 3 nitrogen and oxygen atoms in total. The van der Waals surface area contributed by atoms with Gasteiger partial charge in [0.25, 0.3) is 0 Å². The Morgan fingerprint density at radius 3 is 2.93 bits per heavy atom. The van der Waals surface area contributed by atoms with Crippen LogP contribution in [0, 0.1) is 0 Å². The second-order valence-electron chi connectivity index (χ2n) is 4.54. The molecule has 3 rings (SSSR count). The number of hydrogen-bond acceptors (Lipinski definition) is 2. The topological polar surface area (TPSA) is 37.0 Å². The van der Waals surface area contributed by atoms with Crippen molar-refractivity contribution in [3.8, 4) is 0 Å². The standard InChI is InChI=1S/C12H18N2O/c1-4-13-8-10-7-12(14-11(1)10)9-2-5-15-6-3-9/h7,9,13-14H,1-6,8H2. The van der Waals surface area contributed by atoms with Gasteiger partial charge in [-0.1, -0.05) is 0 Å². The van der Waals surface area contributed by atoms with E-state index in [1.165, 1.54) is 29.8 Å². The molecular formula is C12H18N2O. The number of ether oxygens (including phenoxy) is 1. The van der Waals surface area contributed by atoms with Gasteiger partial charge in [-0.15, -0.1) is 0 Å². The third-order valence-corrected chi connectivity index (χ3v) is 3.54. The smallest absolute Gasteiger partial charge is 0.0472 e. The normalized spacial score (nSPS) is 22.7. The molecular weight excluding hydrogens is 188 g/mol. The van der Waals surface area contributed by atoms with Gasteiger partial charge in [-0.25, -0.2) is 0 Å². The molecule has 1 aromatic heterocycles. The van der Waals surface area contributed by atoms with E-state index in [4.69, 9.17) is 4.74 Å². The van der Waals surface area contributed by atoms with Gasteiger partial charge >= 0.3 is 0 Å². The van der Waals surface area contributed by atoms with Gasteiger partial charge < -0.3 is 15.0 Å². The molecule has 0 amide bonds. The first-order valence-corrected chi connectivity index (χ1v) is 5.92. The van der Waals surface area contributed by atoms with Crippen molar-refractivity contribution in [2.24, 2.45) is 0 Å². The number of nitrogens with one attached hydrogen (secondary N) is 2. The highest BCUT2D eigenvalue weighted by Crippen LogP contribution is 2.28. The number of aromatic amines is 1. The van der Waals surface area contributed by atoms with Gasteiger partial charge in [-0.3, -0.25) is 0 Å².